The number of phenolic OH excluding ortho intramolecular Hbond substituents is 2. The Morgan fingerprint density at radius 3 is 2.52 bits per heavy atom. The van der Waals surface area contributed by atoms with Gasteiger partial charge in [-0.05, 0) is 41.5 Å². The minimum atomic E-state index is 0.131. The Morgan fingerprint density at radius 2 is 1.71 bits per heavy atom. The molecule has 2 N–H and O–H groups in total. The minimum absolute atomic E-state index is 0.131. The van der Waals surface area contributed by atoms with Crippen molar-refractivity contribution in [2.24, 2.45) is 4.99 Å². The molecule has 0 heterocycles. The van der Waals surface area contributed by atoms with Gasteiger partial charge in [-0.15, -0.1) is 0 Å². The van der Waals surface area contributed by atoms with E-state index in [0.717, 1.165) is 16.3 Å². The summed E-state index contributed by atoms with van der Waals surface area (Å²) < 4.78 is 0. The van der Waals surface area contributed by atoms with Crippen LogP contribution in [-0.4, -0.2) is 16.4 Å². The fourth-order valence-electron chi connectivity index (χ4n) is 2.30. The molecule has 0 bridgehead atoms. The van der Waals surface area contributed by atoms with E-state index in [0.29, 0.717) is 11.3 Å². The highest BCUT2D eigenvalue weighted by atomic mass is 16.3. The summed E-state index contributed by atoms with van der Waals surface area (Å²) in [7, 11) is 0. The molecule has 3 aromatic rings. The first-order chi connectivity index (χ1) is 10.1. The normalized spacial score (nSPS) is 11.3. The van der Waals surface area contributed by atoms with Gasteiger partial charge in [0.2, 0.25) is 0 Å². The highest BCUT2D eigenvalue weighted by molar-refractivity contribution is 6.03. The van der Waals surface area contributed by atoms with Gasteiger partial charge in [0, 0.05) is 11.8 Å². The standard InChI is InChI=1S/C18H15NO2/c1-12-6-8-16(18(21)10-12)19-11-15-14-5-3-2-4-13(14)7-9-17(15)20/h2-11,20-21H,1H3. The average Bonchev–Trinajstić information content (AvgIpc) is 2.48. The van der Waals surface area contributed by atoms with Crippen LogP contribution < -0.4 is 0 Å². The highest BCUT2D eigenvalue weighted by Crippen LogP contribution is 2.29. The zero-order valence-electron chi connectivity index (χ0n) is 11.6. The summed E-state index contributed by atoms with van der Waals surface area (Å²) in [6.45, 7) is 1.91. The van der Waals surface area contributed by atoms with Gasteiger partial charge >= 0.3 is 0 Å². The summed E-state index contributed by atoms with van der Waals surface area (Å²) in [4.78, 5) is 4.29. The van der Waals surface area contributed by atoms with E-state index < -0.39 is 0 Å². The molecule has 3 heteroatoms. The Labute approximate surface area is 122 Å². The lowest BCUT2D eigenvalue weighted by Gasteiger charge is -2.05. The second-order valence-corrected chi connectivity index (χ2v) is 4.97. The van der Waals surface area contributed by atoms with Crippen molar-refractivity contribution in [1.29, 1.82) is 0 Å². The first-order valence-corrected chi connectivity index (χ1v) is 6.69. The molecule has 0 aromatic heterocycles. The third-order valence-electron chi connectivity index (χ3n) is 3.41. The predicted molar refractivity (Wildman–Crippen MR) is 85.7 cm³/mol. The van der Waals surface area contributed by atoms with Gasteiger partial charge in [0.05, 0.1) is 0 Å². The molecule has 0 unspecified atom stereocenters. The van der Waals surface area contributed by atoms with Gasteiger partial charge < -0.3 is 10.2 Å². The monoisotopic (exact) mass is 277 g/mol. The quantitative estimate of drug-likeness (QED) is 0.686. The minimum Gasteiger partial charge on any atom is -0.507 e. The van der Waals surface area contributed by atoms with Gasteiger partial charge in [0.1, 0.15) is 17.2 Å². The van der Waals surface area contributed by atoms with Gasteiger partial charge in [0.25, 0.3) is 0 Å². The summed E-state index contributed by atoms with van der Waals surface area (Å²) in [6.07, 6.45) is 1.59. The van der Waals surface area contributed by atoms with E-state index in [-0.39, 0.29) is 11.5 Å². The van der Waals surface area contributed by atoms with E-state index in [1.807, 2.05) is 43.3 Å². The van der Waals surface area contributed by atoms with Gasteiger partial charge in [0.15, 0.2) is 0 Å². The Bertz CT molecular complexity index is 838. The second-order valence-electron chi connectivity index (χ2n) is 4.97. The number of nitrogens with zero attached hydrogens (tertiary/aromatic N) is 1. The van der Waals surface area contributed by atoms with Gasteiger partial charge in [-0.25, -0.2) is 0 Å². The van der Waals surface area contributed by atoms with E-state index >= 15 is 0 Å². The summed E-state index contributed by atoms with van der Waals surface area (Å²) in [5, 5.41) is 21.9. The zero-order valence-corrected chi connectivity index (χ0v) is 11.6. The Hall–Kier alpha value is -2.81. The number of aliphatic imine (C=N–C) groups is 1. The van der Waals surface area contributed by atoms with E-state index in [2.05, 4.69) is 4.99 Å². The van der Waals surface area contributed by atoms with Crippen LogP contribution in [-0.2, 0) is 0 Å². The topological polar surface area (TPSA) is 52.8 Å². The van der Waals surface area contributed by atoms with Crippen molar-refractivity contribution in [1.82, 2.24) is 0 Å². The number of aryl methyl sites for hydroxylation is 1. The number of phenols is 2. The van der Waals surface area contributed by atoms with Crippen LogP contribution in [0.15, 0.2) is 59.6 Å². The lowest BCUT2D eigenvalue weighted by atomic mass is 10.0. The van der Waals surface area contributed by atoms with Crippen LogP contribution in [0.1, 0.15) is 11.1 Å². The molecule has 0 aliphatic carbocycles. The molecule has 3 nitrogen and oxygen atoms in total. The molecule has 3 rings (SSSR count). The molecular weight excluding hydrogens is 262 g/mol. The smallest absolute Gasteiger partial charge is 0.141 e. The van der Waals surface area contributed by atoms with E-state index in [1.54, 1.807) is 24.4 Å². The summed E-state index contributed by atoms with van der Waals surface area (Å²) >= 11 is 0. The third-order valence-corrected chi connectivity index (χ3v) is 3.41. The molecule has 104 valence electrons. The molecule has 0 amide bonds. The number of hydrogen-bond donors (Lipinski definition) is 2. The van der Waals surface area contributed by atoms with Crippen molar-refractivity contribution in [2.75, 3.05) is 0 Å². The molecule has 0 saturated carbocycles. The van der Waals surface area contributed by atoms with Crippen LogP contribution in [0.3, 0.4) is 0 Å². The van der Waals surface area contributed by atoms with E-state index in [9.17, 15) is 10.2 Å². The summed E-state index contributed by atoms with van der Waals surface area (Å²) in [5.74, 6) is 0.301. The SMILES string of the molecule is Cc1ccc(N=Cc2c(O)ccc3ccccc23)c(O)c1. The molecular formula is C18H15NO2. The largest absolute Gasteiger partial charge is 0.507 e. The van der Waals surface area contributed by atoms with Gasteiger partial charge in [-0.2, -0.15) is 0 Å². The molecule has 3 aromatic carbocycles. The predicted octanol–water partition coefficient (Wildman–Crippen LogP) is 4.31. The van der Waals surface area contributed by atoms with Crippen LogP contribution in [0.4, 0.5) is 5.69 Å². The maximum absolute atomic E-state index is 10.0. The molecule has 0 aliphatic rings. The first kappa shape index (κ1) is 13.2. The summed E-state index contributed by atoms with van der Waals surface area (Å²) in [6, 6.07) is 16.6. The molecule has 0 fully saturated rings. The molecule has 0 radical (unpaired) electrons. The van der Waals surface area contributed by atoms with Crippen LogP contribution in [0.5, 0.6) is 11.5 Å². The van der Waals surface area contributed by atoms with Crippen molar-refractivity contribution in [3.05, 3.63) is 65.7 Å². The number of aromatic hydroxyl groups is 2. The van der Waals surface area contributed by atoms with E-state index in [1.165, 1.54) is 0 Å². The number of rotatable bonds is 2. The fraction of sp³-hybridized carbons (Fsp3) is 0.0556. The lowest BCUT2D eigenvalue weighted by Crippen LogP contribution is -1.86. The molecule has 0 saturated heterocycles. The second kappa shape index (κ2) is 5.29. The molecule has 0 spiro atoms. The molecule has 21 heavy (non-hydrogen) atoms. The van der Waals surface area contributed by atoms with Crippen LogP contribution in [0.2, 0.25) is 0 Å². The molecule has 0 atom stereocenters. The summed E-state index contributed by atoms with van der Waals surface area (Å²) in [5.41, 5.74) is 2.10. The number of benzene rings is 3. The maximum atomic E-state index is 10.0. The number of fused-ring (bicyclic) bond motifs is 1. The molecule has 0 aliphatic heterocycles. The zero-order chi connectivity index (χ0) is 14.8. The average molecular weight is 277 g/mol. The van der Waals surface area contributed by atoms with Crippen LogP contribution >= 0.6 is 0 Å². The maximum Gasteiger partial charge on any atom is 0.141 e. The Morgan fingerprint density at radius 1 is 0.905 bits per heavy atom. The van der Waals surface area contributed by atoms with Gasteiger partial charge in [-0.3, -0.25) is 4.99 Å². The third kappa shape index (κ3) is 2.58. The number of hydrogen-bond acceptors (Lipinski definition) is 3. The highest BCUT2D eigenvalue weighted by Gasteiger charge is 2.05. The van der Waals surface area contributed by atoms with Crippen LogP contribution in [0, 0.1) is 6.92 Å². The fourth-order valence-corrected chi connectivity index (χ4v) is 2.30. The van der Waals surface area contributed by atoms with Crippen LogP contribution in [0.25, 0.3) is 10.8 Å². The van der Waals surface area contributed by atoms with Gasteiger partial charge in [-0.1, -0.05) is 36.4 Å². The van der Waals surface area contributed by atoms with Crippen molar-refractivity contribution in [3.63, 3.8) is 0 Å². The van der Waals surface area contributed by atoms with Crippen molar-refractivity contribution in [3.8, 4) is 11.5 Å². The van der Waals surface area contributed by atoms with Crippen molar-refractivity contribution >= 4 is 22.7 Å². The Balaban J connectivity index is 2.09. The lowest BCUT2D eigenvalue weighted by molar-refractivity contribution is 0.474. The first-order valence-electron chi connectivity index (χ1n) is 6.69. The van der Waals surface area contributed by atoms with Crippen molar-refractivity contribution < 1.29 is 10.2 Å². The Kier molecular flexibility index (Phi) is 3.32. The van der Waals surface area contributed by atoms with E-state index in [4.69, 9.17) is 0 Å². The van der Waals surface area contributed by atoms with Crippen molar-refractivity contribution in [2.45, 2.75) is 6.92 Å².